The lowest BCUT2D eigenvalue weighted by Gasteiger charge is -2.08. The Balaban J connectivity index is 2.13. The Bertz CT molecular complexity index is 221. The van der Waals surface area contributed by atoms with Crippen LogP contribution in [0.5, 0.6) is 0 Å². The molecule has 0 atom stereocenters. The minimum absolute atomic E-state index is 0.671. The molecule has 72 valence electrons. The number of nitrogens with one attached hydrogen (secondary N) is 2. The van der Waals surface area contributed by atoms with Gasteiger partial charge in [-0.1, -0.05) is 13.8 Å². The third-order valence-electron chi connectivity index (χ3n) is 1.68. The SMILES string of the molecule is CC(C)CNNCc1ccncc1. The van der Waals surface area contributed by atoms with Crippen LogP contribution in [0.1, 0.15) is 19.4 Å². The molecule has 1 rings (SSSR count). The van der Waals surface area contributed by atoms with E-state index in [4.69, 9.17) is 0 Å². The van der Waals surface area contributed by atoms with Gasteiger partial charge in [0.15, 0.2) is 0 Å². The van der Waals surface area contributed by atoms with Gasteiger partial charge in [0.05, 0.1) is 0 Å². The molecule has 0 bridgehead atoms. The molecule has 3 heteroatoms. The fourth-order valence-corrected chi connectivity index (χ4v) is 0.941. The van der Waals surface area contributed by atoms with E-state index in [0.717, 1.165) is 13.1 Å². The molecule has 3 nitrogen and oxygen atoms in total. The highest BCUT2D eigenvalue weighted by Crippen LogP contribution is 1.93. The molecular weight excluding hydrogens is 162 g/mol. The van der Waals surface area contributed by atoms with Gasteiger partial charge in [0, 0.05) is 25.5 Å². The quantitative estimate of drug-likeness (QED) is 0.529. The fraction of sp³-hybridized carbons (Fsp3) is 0.500. The van der Waals surface area contributed by atoms with E-state index in [1.807, 2.05) is 12.1 Å². The van der Waals surface area contributed by atoms with Crippen LogP contribution >= 0.6 is 0 Å². The van der Waals surface area contributed by atoms with Crippen LogP contribution < -0.4 is 10.9 Å². The maximum Gasteiger partial charge on any atom is 0.0352 e. The molecule has 0 saturated heterocycles. The van der Waals surface area contributed by atoms with E-state index in [1.54, 1.807) is 12.4 Å². The van der Waals surface area contributed by atoms with E-state index >= 15 is 0 Å². The van der Waals surface area contributed by atoms with Gasteiger partial charge in [0.25, 0.3) is 0 Å². The number of rotatable bonds is 5. The summed E-state index contributed by atoms with van der Waals surface area (Å²) in [5, 5.41) is 0. The van der Waals surface area contributed by atoms with Crippen molar-refractivity contribution >= 4 is 0 Å². The second kappa shape index (κ2) is 5.67. The zero-order valence-electron chi connectivity index (χ0n) is 8.25. The number of hydrogen-bond acceptors (Lipinski definition) is 3. The Hall–Kier alpha value is -0.930. The minimum atomic E-state index is 0.671. The molecule has 0 aromatic carbocycles. The van der Waals surface area contributed by atoms with Gasteiger partial charge in [-0.05, 0) is 23.6 Å². The van der Waals surface area contributed by atoms with Gasteiger partial charge in [0.2, 0.25) is 0 Å². The van der Waals surface area contributed by atoms with Crippen LogP contribution in [-0.2, 0) is 6.54 Å². The highest BCUT2D eigenvalue weighted by atomic mass is 15.3. The number of aromatic nitrogens is 1. The first-order valence-corrected chi connectivity index (χ1v) is 4.63. The molecule has 0 saturated carbocycles. The molecule has 0 aliphatic carbocycles. The Morgan fingerprint density at radius 3 is 2.54 bits per heavy atom. The van der Waals surface area contributed by atoms with Gasteiger partial charge in [0.1, 0.15) is 0 Å². The van der Waals surface area contributed by atoms with Crippen molar-refractivity contribution in [2.24, 2.45) is 5.92 Å². The van der Waals surface area contributed by atoms with Crippen LogP contribution in [0.25, 0.3) is 0 Å². The number of hydrogen-bond donors (Lipinski definition) is 2. The summed E-state index contributed by atoms with van der Waals surface area (Å²) in [6.45, 7) is 6.20. The normalized spacial score (nSPS) is 10.7. The molecule has 0 aliphatic heterocycles. The van der Waals surface area contributed by atoms with Crippen LogP contribution in [0.3, 0.4) is 0 Å². The van der Waals surface area contributed by atoms with Crippen molar-refractivity contribution in [1.82, 2.24) is 15.8 Å². The molecule has 0 unspecified atom stereocenters. The summed E-state index contributed by atoms with van der Waals surface area (Å²) in [7, 11) is 0. The van der Waals surface area contributed by atoms with Gasteiger partial charge in [-0.15, -0.1) is 0 Å². The first-order chi connectivity index (χ1) is 6.29. The first kappa shape index (κ1) is 10.2. The Morgan fingerprint density at radius 1 is 1.23 bits per heavy atom. The summed E-state index contributed by atoms with van der Waals surface area (Å²) in [6, 6.07) is 4.01. The highest BCUT2D eigenvalue weighted by Gasteiger charge is 1.92. The van der Waals surface area contributed by atoms with E-state index in [1.165, 1.54) is 5.56 Å². The van der Waals surface area contributed by atoms with E-state index < -0.39 is 0 Å². The van der Waals surface area contributed by atoms with Crippen molar-refractivity contribution in [3.8, 4) is 0 Å². The minimum Gasteiger partial charge on any atom is -0.265 e. The largest absolute Gasteiger partial charge is 0.265 e. The van der Waals surface area contributed by atoms with Crippen LogP contribution in [0.4, 0.5) is 0 Å². The van der Waals surface area contributed by atoms with Gasteiger partial charge in [-0.25, -0.2) is 0 Å². The standard InChI is InChI=1S/C10H17N3/c1-9(2)7-12-13-8-10-3-5-11-6-4-10/h3-6,9,12-13H,7-8H2,1-2H3. The third kappa shape index (κ3) is 4.60. The Kier molecular flexibility index (Phi) is 4.43. The van der Waals surface area contributed by atoms with Crippen molar-refractivity contribution in [2.75, 3.05) is 6.54 Å². The molecular formula is C10H17N3. The third-order valence-corrected chi connectivity index (χ3v) is 1.68. The first-order valence-electron chi connectivity index (χ1n) is 4.63. The lowest BCUT2D eigenvalue weighted by atomic mass is 10.2. The predicted octanol–water partition coefficient (Wildman–Crippen LogP) is 1.33. The van der Waals surface area contributed by atoms with E-state index in [-0.39, 0.29) is 0 Å². The zero-order chi connectivity index (χ0) is 9.52. The average molecular weight is 179 g/mol. The lowest BCUT2D eigenvalue weighted by Crippen LogP contribution is -2.34. The van der Waals surface area contributed by atoms with Crippen molar-refractivity contribution in [2.45, 2.75) is 20.4 Å². The molecule has 0 radical (unpaired) electrons. The molecule has 13 heavy (non-hydrogen) atoms. The van der Waals surface area contributed by atoms with Crippen LogP contribution in [0.15, 0.2) is 24.5 Å². The fourth-order valence-electron chi connectivity index (χ4n) is 0.941. The topological polar surface area (TPSA) is 37.0 Å². The zero-order valence-corrected chi connectivity index (χ0v) is 8.25. The smallest absolute Gasteiger partial charge is 0.0352 e. The summed E-state index contributed by atoms with van der Waals surface area (Å²) in [5.74, 6) is 0.671. The van der Waals surface area contributed by atoms with Crippen molar-refractivity contribution in [3.05, 3.63) is 30.1 Å². The van der Waals surface area contributed by atoms with Gasteiger partial charge in [-0.2, -0.15) is 0 Å². The molecule has 0 amide bonds. The second-order valence-corrected chi connectivity index (χ2v) is 3.48. The monoisotopic (exact) mass is 179 g/mol. The van der Waals surface area contributed by atoms with E-state index in [9.17, 15) is 0 Å². The average Bonchev–Trinajstić information content (AvgIpc) is 2.14. The predicted molar refractivity (Wildman–Crippen MR) is 53.9 cm³/mol. The molecule has 2 N–H and O–H groups in total. The summed E-state index contributed by atoms with van der Waals surface area (Å²) < 4.78 is 0. The van der Waals surface area contributed by atoms with Crippen molar-refractivity contribution < 1.29 is 0 Å². The van der Waals surface area contributed by atoms with E-state index in [0.29, 0.717) is 5.92 Å². The Morgan fingerprint density at radius 2 is 1.92 bits per heavy atom. The molecule has 0 spiro atoms. The highest BCUT2D eigenvalue weighted by molar-refractivity contribution is 5.08. The van der Waals surface area contributed by atoms with Crippen molar-refractivity contribution in [1.29, 1.82) is 0 Å². The number of nitrogens with zero attached hydrogens (tertiary/aromatic N) is 1. The maximum absolute atomic E-state index is 3.95. The van der Waals surface area contributed by atoms with Crippen LogP contribution in [0.2, 0.25) is 0 Å². The van der Waals surface area contributed by atoms with Gasteiger partial charge < -0.3 is 0 Å². The lowest BCUT2D eigenvalue weighted by molar-refractivity contribution is 0.468. The number of hydrazine groups is 1. The van der Waals surface area contributed by atoms with Crippen molar-refractivity contribution in [3.63, 3.8) is 0 Å². The molecule has 1 heterocycles. The summed E-state index contributed by atoms with van der Waals surface area (Å²) in [5.41, 5.74) is 7.56. The van der Waals surface area contributed by atoms with Crippen LogP contribution in [-0.4, -0.2) is 11.5 Å². The molecule has 0 aliphatic rings. The number of pyridine rings is 1. The van der Waals surface area contributed by atoms with E-state index in [2.05, 4.69) is 29.7 Å². The summed E-state index contributed by atoms with van der Waals surface area (Å²) >= 11 is 0. The van der Waals surface area contributed by atoms with Crippen LogP contribution in [0, 0.1) is 5.92 Å². The maximum atomic E-state index is 3.95. The summed E-state index contributed by atoms with van der Waals surface area (Å²) in [4.78, 5) is 3.95. The van der Waals surface area contributed by atoms with Gasteiger partial charge in [-0.3, -0.25) is 15.8 Å². The summed E-state index contributed by atoms with van der Waals surface area (Å²) in [6.07, 6.45) is 3.61. The van der Waals surface area contributed by atoms with Gasteiger partial charge >= 0.3 is 0 Å². The Labute approximate surface area is 79.5 Å². The molecule has 1 aromatic rings. The molecule has 1 aromatic heterocycles. The second-order valence-electron chi connectivity index (χ2n) is 3.48. The molecule has 0 fully saturated rings.